The molecule has 1 aromatic carbocycles. The van der Waals surface area contributed by atoms with Crippen molar-refractivity contribution in [2.75, 3.05) is 24.5 Å². The van der Waals surface area contributed by atoms with Crippen molar-refractivity contribution in [1.29, 1.82) is 0 Å². The Hall–Kier alpha value is -1.35. The number of carbonyl (C=O) groups is 1. The molecule has 2 aliphatic heterocycles. The zero-order chi connectivity index (χ0) is 9.60. The summed E-state index contributed by atoms with van der Waals surface area (Å²) < 4.78 is 0. The highest BCUT2D eigenvalue weighted by atomic mass is 16.2. The molecular formula is C11H12N2O. The lowest BCUT2D eigenvalue weighted by Gasteiger charge is -2.54. The van der Waals surface area contributed by atoms with Gasteiger partial charge in [0.2, 0.25) is 5.91 Å². The van der Waals surface area contributed by atoms with Gasteiger partial charge in [-0.1, -0.05) is 18.2 Å². The van der Waals surface area contributed by atoms with Crippen LogP contribution in [0.2, 0.25) is 0 Å². The average molecular weight is 188 g/mol. The SMILES string of the molecule is O=C1N(c2ccccc2)CC12CNC2. The van der Waals surface area contributed by atoms with Crippen LogP contribution in [0.1, 0.15) is 0 Å². The Morgan fingerprint density at radius 2 is 1.93 bits per heavy atom. The van der Waals surface area contributed by atoms with Gasteiger partial charge in [0.25, 0.3) is 0 Å². The molecule has 3 rings (SSSR count). The highest BCUT2D eigenvalue weighted by molar-refractivity contribution is 6.05. The van der Waals surface area contributed by atoms with Crippen molar-refractivity contribution in [2.45, 2.75) is 0 Å². The summed E-state index contributed by atoms with van der Waals surface area (Å²) in [4.78, 5) is 13.7. The highest BCUT2D eigenvalue weighted by Crippen LogP contribution is 2.38. The first-order valence-corrected chi connectivity index (χ1v) is 4.90. The van der Waals surface area contributed by atoms with E-state index >= 15 is 0 Å². The predicted octanol–water partition coefficient (Wildman–Crippen LogP) is 0.623. The molecule has 0 saturated carbocycles. The van der Waals surface area contributed by atoms with Crippen molar-refractivity contribution in [3.63, 3.8) is 0 Å². The minimum absolute atomic E-state index is 0.0458. The van der Waals surface area contributed by atoms with E-state index in [0.29, 0.717) is 0 Å². The van der Waals surface area contributed by atoms with Gasteiger partial charge in [-0.05, 0) is 12.1 Å². The Balaban J connectivity index is 1.82. The Kier molecular flexibility index (Phi) is 1.47. The van der Waals surface area contributed by atoms with Crippen molar-refractivity contribution in [3.05, 3.63) is 30.3 Å². The number of amides is 1. The third-order valence-electron chi connectivity index (χ3n) is 3.15. The Labute approximate surface area is 82.7 Å². The van der Waals surface area contributed by atoms with E-state index in [1.54, 1.807) is 0 Å². The zero-order valence-electron chi connectivity index (χ0n) is 7.86. The predicted molar refractivity (Wildman–Crippen MR) is 54.1 cm³/mol. The van der Waals surface area contributed by atoms with Crippen LogP contribution < -0.4 is 10.2 Å². The monoisotopic (exact) mass is 188 g/mol. The molecule has 1 N–H and O–H groups in total. The number of benzene rings is 1. The van der Waals surface area contributed by atoms with Crippen molar-refractivity contribution in [1.82, 2.24) is 5.32 Å². The van der Waals surface area contributed by atoms with Gasteiger partial charge in [0.15, 0.2) is 0 Å². The normalized spacial score (nSPS) is 23.1. The molecule has 1 aromatic rings. The van der Waals surface area contributed by atoms with Gasteiger partial charge in [0, 0.05) is 25.3 Å². The molecule has 0 atom stereocenters. The maximum absolute atomic E-state index is 11.9. The molecule has 3 nitrogen and oxygen atoms in total. The fraction of sp³-hybridized carbons (Fsp3) is 0.364. The summed E-state index contributed by atoms with van der Waals surface area (Å²) in [5.74, 6) is 0.280. The average Bonchev–Trinajstić information content (AvgIpc) is 2.15. The summed E-state index contributed by atoms with van der Waals surface area (Å²) >= 11 is 0. The van der Waals surface area contributed by atoms with E-state index in [1.807, 2.05) is 35.2 Å². The summed E-state index contributed by atoms with van der Waals surface area (Å²) in [6, 6.07) is 9.86. The van der Waals surface area contributed by atoms with Gasteiger partial charge in [0.05, 0.1) is 5.41 Å². The molecule has 2 heterocycles. The van der Waals surface area contributed by atoms with Gasteiger partial charge in [-0.15, -0.1) is 0 Å². The number of hydrogen-bond donors (Lipinski definition) is 1. The summed E-state index contributed by atoms with van der Waals surface area (Å²) in [5.41, 5.74) is 0.977. The fourth-order valence-electron chi connectivity index (χ4n) is 2.14. The third kappa shape index (κ3) is 0.876. The van der Waals surface area contributed by atoms with Crippen LogP contribution in [0.5, 0.6) is 0 Å². The van der Waals surface area contributed by atoms with E-state index in [0.717, 1.165) is 25.3 Å². The van der Waals surface area contributed by atoms with E-state index < -0.39 is 0 Å². The van der Waals surface area contributed by atoms with Crippen LogP contribution in [0.25, 0.3) is 0 Å². The molecule has 72 valence electrons. The standard InChI is InChI=1S/C11H12N2O/c14-10-11(6-12-7-11)8-13(10)9-4-2-1-3-5-9/h1-5,12H,6-8H2. The molecule has 0 unspecified atom stereocenters. The molecule has 0 radical (unpaired) electrons. The molecule has 1 amide bonds. The van der Waals surface area contributed by atoms with Crippen LogP contribution in [-0.4, -0.2) is 25.5 Å². The Morgan fingerprint density at radius 3 is 2.43 bits per heavy atom. The second-order valence-corrected chi connectivity index (χ2v) is 4.11. The smallest absolute Gasteiger partial charge is 0.237 e. The van der Waals surface area contributed by atoms with Gasteiger partial charge >= 0.3 is 0 Å². The maximum Gasteiger partial charge on any atom is 0.237 e. The van der Waals surface area contributed by atoms with Crippen molar-refractivity contribution < 1.29 is 4.79 Å². The number of nitrogens with one attached hydrogen (secondary N) is 1. The summed E-state index contributed by atoms with van der Waals surface area (Å²) in [5, 5.41) is 3.16. The number of para-hydroxylation sites is 1. The molecule has 2 saturated heterocycles. The van der Waals surface area contributed by atoms with Crippen LogP contribution in [-0.2, 0) is 4.79 Å². The molecule has 14 heavy (non-hydrogen) atoms. The van der Waals surface area contributed by atoms with E-state index in [2.05, 4.69) is 5.32 Å². The second kappa shape index (κ2) is 2.58. The first-order chi connectivity index (χ1) is 6.82. The van der Waals surface area contributed by atoms with E-state index in [-0.39, 0.29) is 11.3 Å². The number of carbonyl (C=O) groups excluding carboxylic acids is 1. The number of anilines is 1. The topological polar surface area (TPSA) is 32.3 Å². The zero-order valence-corrected chi connectivity index (χ0v) is 7.86. The first kappa shape index (κ1) is 8.00. The van der Waals surface area contributed by atoms with Gasteiger partial charge in [0.1, 0.15) is 0 Å². The van der Waals surface area contributed by atoms with Gasteiger partial charge in [-0.3, -0.25) is 4.79 Å². The van der Waals surface area contributed by atoms with E-state index in [4.69, 9.17) is 0 Å². The number of nitrogens with zero attached hydrogens (tertiary/aromatic N) is 1. The largest absolute Gasteiger partial charge is 0.314 e. The lowest BCUT2D eigenvalue weighted by Crippen LogP contribution is -2.74. The minimum atomic E-state index is -0.0458. The molecule has 3 heteroatoms. The van der Waals surface area contributed by atoms with Crippen LogP contribution >= 0.6 is 0 Å². The Bertz CT molecular complexity index is 370. The quantitative estimate of drug-likeness (QED) is 0.655. The molecule has 0 bridgehead atoms. The summed E-state index contributed by atoms with van der Waals surface area (Å²) in [6.45, 7) is 2.59. The van der Waals surface area contributed by atoms with Crippen LogP contribution in [0.3, 0.4) is 0 Å². The fourth-order valence-corrected chi connectivity index (χ4v) is 2.14. The maximum atomic E-state index is 11.9. The van der Waals surface area contributed by atoms with Crippen LogP contribution in [0.15, 0.2) is 30.3 Å². The van der Waals surface area contributed by atoms with Crippen molar-refractivity contribution >= 4 is 11.6 Å². The summed E-state index contributed by atoms with van der Waals surface area (Å²) in [7, 11) is 0. The lowest BCUT2D eigenvalue weighted by atomic mass is 9.73. The first-order valence-electron chi connectivity index (χ1n) is 4.90. The van der Waals surface area contributed by atoms with E-state index in [1.165, 1.54) is 0 Å². The van der Waals surface area contributed by atoms with Crippen LogP contribution in [0.4, 0.5) is 5.69 Å². The van der Waals surface area contributed by atoms with Crippen molar-refractivity contribution in [3.8, 4) is 0 Å². The molecule has 0 aromatic heterocycles. The number of hydrogen-bond acceptors (Lipinski definition) is 2. The molecule has 2 fully saturated rings. The molecule has 0 aliphatic carbocycles. The Morgan fingerprint density at radius 1 is 1.21 bits per heavy atom. The highest BCUT2D eigenvalue weighted by Gasteiger charge is 2.56. The third-order valence-corrected chi connectivity index (χ3v) is 3.15. The lowest BCUT2D eigenvalue weighted by molar-refractivity contribution is -0.138. The number of rotatable bonds is 1. The number of β-lactam (4-membered cyclic amide) rings is 1. The summed E-state index contributed by atoms with van der Waals surface area (Å²) in [6.07, 6.45) is 0. The molecular weight excluding hydrogens is 176 g/mol. The van der Waals surface area contributed by atoms with Crippen molar-refractivity contribution in [2.24, 2.45) is 5.41 Å². The van der Waals surface area contributed by atoms with E-state index in [9.17, 15) is 4.79 Å². The molecule has 1 spiro atoms. The second-order valence-electron chi connectivity index (χ2n) is 4.11. The van der Waals surface area contributed by atoms with Crippen LogP contribution in [0, 0.1) is 5.41 Å². The van der Waals surface area contributed by atoms with Gasteiger partial charge in [-0.2, -0.15) is 0 Å². The molecule has 2 aliphatic rings. The van der Waals surface area contributed by atoms with Gasteiger partial charge < -0.3 is 10.2 Å². The minimum Gasteiger partial charge on any atom is -0.314 e. The van der Waals surface area contributed by atoms with Gasteiger partial charge in [-0.25, -0.2) is 0 Å².